The van der Waals surface area contributed by atoms with Crippen molar-refractivity contribution in [3.8, 4) is 10.8 Å². The van der Waals surface area contributed by atoms with E-state index in [1.165, 1.54) is 11.3 Å². The lowest BCUT2D eigenvalue weighted by Crippen LogP contribution is -2.31. The minimum atomic E-state index is -0.108. The molecule has 20 heavy (non-hydrogen) atoms. The van der Waals surface area contributed by atoms with Gasteiger partial charge < -0.3 is 10.6 Å². The molecule has 2 heterocycles. The van der Waals surface area contributed by atoms with Crippen molar-refractivity contribution in [2.75, 3.05) is 19.6 Å². The van der Waals surface area contributed by atoms with Gasteiger partial charge in [0.15, 0.2) is 10.8 Å². The van der Waals surface area contributed by atoms with Crippen LogP contribution in [0.4, 0.5) is 0 Å². The number of carbonyl (C=O) groups excluding carboxylic acids is 1. The molecule has 0 radical (unpaired) electrons. The van der Waals surface area contributed by atoms with Gasteiger partial charge in [0.1, 0.15) is 4.88 Å². The van der Waals surface area contributed by atoms with Gasteiger partial charge in [0.25, 0.3) is 5.91 Å². The van der Waals surface area contributed by atoms with E-state index < -0.39 is 0 Å². The normalized spacial score (nSPS) is 10.4. The zero-order valence-corrected chi connectivity index (χ0v) is 12.1. The molecule has 7 heteroatoms. The van der Waals surface area contributed by atoms with Crippen molar-refractivity contribution in [2.24, 2.45) is 0 Å². The fourth-order valence-electron chi connectivity index (χ4n) is 1.55. The van der Waals surface area contributed by atoms with E-state index in [2.05, 4.69) is 32.5 Å². The van der Waals surface area contributed by atoms with Gasteiger partial charge in [-0.05, 0) is 19.0 Å². The Morgan fingerprint density at radius 2 is 2.00 bits per heavy atom. The standard InChI is InChI=1S/C13H17N5OS/c1-2-4-14-7-8-17-12(19)10-9-18-13(20-10)11-15-5-3-6-16-11/h3,5-6,9,14H,2,4,7-8H2,1H3,(H,17,19). The summed E-state index contributed by atoms with van der Waals surface area (Å²) in [6.07, 6.45) is 5.96. The van der Waals surface area contributed by atoms with Crippen molar-refractivity contribution in [2.45, 2.75) is 13.3 Å². The van der Waals surface area contributed by atoms with Crippen LogP contribution in [0.3, 0.4) is 0 Å². The quantitative estimate of drug-likeness (QED) is 0.752. The molecular formula is C13H17N5OS. The van der Waals surface area contributed by atoms with E-state index in [-0.39, 0.29) is 5.91 Å². The molecule has 0 aliphatic carbocycles. The maximum atomic E-state index is 11.9. The number of nitrogens with one attached hydrogen (secondary N) is 2. The molecule has 0 saturated carbocycles. The van der Waals surface area contributed by atoms with Gasteiger partial charge in [0.2, 0.25) is 0 Å². The summed E-state index contributed by atoms with van der Waals surface area (Å²) < 4.78 is 0. The second-order valence-corrected chi connectivity index (χ2v) is 5.14. The molecule has 2 rings (SSSR count). The lowest BCUT2D eigenvalue weighted by Gasteiger charge is -2.04. The largest absolute Gasteiger partial charge is 0.350 e. The van der Waals surface area contributed by atoms with Crippen molar-refractivity contribution in [1.29, 1.82) is 0 Å². The number of nitrogens with zero attached hydrogens (tertiary/aromatic N) is 3. The van der Waals surface area contributed by atoms with Crippen molar-refractivity contribution in [3.05, 3.63) is 29.5 Å². The van der Waals surface area contributed by atoms with Crippen LogP contribution in [0.5, 0.6) is 0 Å². The molecule has 0 fully saturated rings. The Labute approximate surface area is 121 Å². The van der Waals surface area contributed by atoms with Crippen molar-refractivity contribution in [3.63, 3.8) is 0 Å². The van der Waals surface area contributed by atoms with Crippen molar-refractivity contribution >= 4 is 17.2 Å². The minimum absolute atomic E-state index is 0.108. The van der Waals surface area contributed by atoms with Crippen LogP contribution in [0.25, 0.3) is 10.8 Å². The molecule has 0 unspecified atom stereocenters. The number of carbonyl (C=O) groups is 1. The van der Waals surface area contributed by atoms with Gasteiger partial charge >= 0.3 is 0 Å². The highest BCUT2D eigenvalue weighted by molar-refractivity contribution is 7.16. The third-order valence-electron chi connectivity index (χ3n) is 2.50. The molecule has 0 aromatic carbocycles. The van der Waals surface area contributed by atoms with Crippen LogP contribution >= 0.6 is 11.3 Å². The highest BCUT2D eigenvalue weighted by atomic mass is 32.1. The Bertz CT molecular complexity index is 543. The fraction of sp³-hybridized carbons (Fsp3) is 0.385. The molecule has 1 amide bonds. The maximum absolute atomic E-state index is 11.9. The van der Waals surface area contributed by atoms with Crippen LogP contribution < -0.4 is 10.6 Å². The average molecular weight is 291 g/mol. The van der Waals surface area contributed by atoms with Crippen LogP contribution in [0.1, 0.15) is 23.0 Å². The molecule has 0 saturated heterocycles. The van der Waals surface area contributed by atoms with Crippen LogP contribution in [-0.2, 0) is 0 Å². The molecule has 0 aliphatic heterocycles. The minimum Gasteiger partial charge on any atom is -0.350 e. The number of rotatable bonds is 7. The summed E-state index contributed by atoms with van der Waals surface area (Å²) >= 11 is 1.29. The maximum Gasteiger partial charge on any atom is 0.263 e. The monoisotopic (exact) mass is 291 g/mol. The number of thiazole rings is 1. The highest BCUT2D eigenvalue weighted by Gasteiger charge is 2.12. The summed E-state index contributed by atoms with van der Waals surface area (Å²) in [4.78, 5) is 24.9. The van der Waals surface area contributed by atoms with Gasteiger partial charge in [0.05, 0.1) is 6.20 Å². The van der Waals surface area contributed by atoms with Crippen LogP contribution in [0.15, 0.2) is 24.7 Å². The zero-order valence-electron chi connectivity index (χ0n) is 11.3. The molecule has 0 spiro atoms. The second-order valence-electron chi connectivity index (χ2n) is 4.11. The summed E-state index contributed by atoms with van der Waals surface area (Å²) in [5.41, 5.74) is 0. The number of amides is 1. The Kier molecular flexibility index (Phi) is 5.57. The third-order valence-corrected chi connectivity index (χ3v) is 3.49. The summed E-state index contributed by atoms with van der Waals surface area (Å²) in [6, 6.07) is 1.74. The topological polar surface area (TPSA) is 79.8 Å². The smallest absolute Gasteiger partial charge is 0.263 e. The molecule has 0 bridgehead atoms. The lowest BCUT2D eigenvalue weighted by molar-refractivity contribution is 0.0958. The molecular weight excluding hydrogens is 274 g/mol. The van der Waals surface area contributed by atoms with Crippen LogP contribution in [0.2, 0.25) is 0 Å². The van der Waals surface area contributed by atoms with Gasteiger partial charge in [-0.1, -0.05) is 6.92 Å². The number of hydrogen-bond donors (Lipinski definition) is 2. The van der Waals surface area contributed by atoms with Crippen LogP contribution in [-0.4, -0.2) is 40.5 Å². The summed E-state index contributed by atoms with van der Waals surface area (Å²) in [5, 5.41) is 6.73. The first kappa shape index (κ1) is 14.5. The van der Waals surface area contributed by atoms with Crippen molar-refractivity contribution in [1.82, 2.24) is 25.6 Å². The van der Waals surface area contributed by atoms with E-state index in [1.54, 1.807) is 24.7 Å². The lowest BCUT2D eigenvalue weighted by atomic mass is 10.4. The van der Waals surface area contributed by atoms with Crippen LogP contribution in [0, 0.1) is 0 Å². The number of aromatic nitrogens is 3. The second kappa shape index (κ2) is 7.66. The molecule has 106 valence electrons. The predicted molar refractivity (Wildman–Crippen MR) is 78.6 cm³/mol. The van der Waals surface area contributed by atoms with Gasteiger partial charge in [-0.15, -0.1) is 11.3 Å². The third kappa shape index (κ3) is 4.07. The highest BCUT2D eigenvalue weighted by Crippen LogP contribution is 2.21. The Morgan fingerprint density at radius 1 is 1.20 bits per heavy atom. The SMILES string of the molecule is CCCNCCNC(=O)c1cnc(-c2ncccn2)s1. The summed E-state index contributed by atoms with van der Waals surface area (Å²) in [7, 11) is 0. The van der Waals surface area contributed by atoms with Crippen molar-refractivity contribution < 1.29 is 4.79 Å². The first-order valence-electron chi connectivity index (χ1n) is 6.53. The van der Waals surface area contributed by atoms with Gasteiger partial charge in [0, 0.05) is 25.5 Å². The molecule has 0 atom stereocenters. The number of hydrogen-bond acceptors (Lipinski definition) is 6. The zero-order chi connectivity index (χ0) is 14.2. The summed E-state index contributed by atoms with van der Waals surface area (Å²) in [5.74, 6) is 0.434. The predicted octanol–water partition coefficient (Wildman–Crippen LogP) is 1.33. The Hall–Kier alpha value is -1.86. The van der Waals surface area contributed by atoms with E-state index >= 15 is 0 Å². The Balaban J connectivity index is 1.87. The van der Waals surface area contributed by atoms with E-state index in [9.17, 15) is 4.79 Å². The first-order chi connectivity index (χ1) is 9.81. The molecule has 0 aliphatic rings. The van der Waals surface area contributed by atoms with Gasteiger partial charge in [-0.2, -0.15) is 0 Å². The summed E-state index contributed by atoms with van der Waals surface area (Å²) in [6.45, 7) is 4.45. The van der Waals surface area contributed by atoms with E-state index in [0.29, 0.717) is 22.3 Å². The molecule has 2 aromatic rings. The fourth-order valence-corrected chi connectivity index (χ4v) is 2.33. The van der Waals surface area contributed by atoms with E-state index in [4.69, 9.17) is 0 Å². The Morgan fingerprint density at radius 3 is 2.75 bits per heavy atom. The van der Waals surface area contributed by atoms with Gasteiger partial charge in [-0.3, -0.25) is 4.79 Å². The molecule has 2 aromatic heterocycles. The molecule has 2 N–H and O–H groups in total. The van der Waals surface area contributed by atoms with Gasteiger partial charge in [-0.25, -0.2) is 15.0 Å². The first-order valence-corrected chi connectivity index (χ1v) is 7.35. The van der Waals surface area contributed by atoms with E-state index in [1.807, 2.05) is 0 Å². The average Bonchev–Trinajstić information content (AvgIpc) is 2.98. The van der Waals surface area contributed by atoms with E-state index in [0.717, 1.165) is 19.5 Å². The molecule has 6 nitrogen and oxygen atoms in total.